The molecule has 19 heavy (non-hydrogen) atoms. The molecular weight excluding hydrogens is 270 g/mol. The van der Waals surface area contributed by atoms with Crippen LogP contribution in [0.2, 0.25) is 0 Å². The van der Waals surface area contributed by atoms with E-state index in [9.17, 15) is 13.2 Å². The van der Waals surface area contributed by atoms with Crippen LogP contribution in [0.4, 0.5) is 0 Å². The molecule has 1 amide bonds. The van der Waals surface area contributed by atoms with Crippen molar-refractivity contribution in [2.24, 2.45) is 5.14 Å². The van der Waals surface area contributed by atoms with E-state index in [0.29, 0.717) is 0 Å². The largest absolute Gasteiger partial charge is 0.438 e. The van der Waals surface area contributed by atoms with Crippen LogP contribution < -0.4 is 15.8 Å². The molecule has 0 aromatic carbocycles. The summed E-state index contributed by atoms with van der Waals surface area (Å²) < 4.78 is 27.0. The molecule has 2 rings (SSSR count). The van der Waals surface area contributed by atoms with E-state index in [0.717, 1.165) is 19.4 Å². The Hall–Kier alpha value is -1.38. The number of carbonyl (C=O) groups excluding carboxylic acids is 1. The van der Waals surface area contributed by atoms with Gasteiger partial charge in [0, 0.05) is 12.1 Å². The Morgan fingerprint density at radius 3 is 2.84 bits per heavy atom. The topological polar surface area (TPSA) is 114 Å². The molecule has 1 aliphatic rings. The van der Waals surface area contributed by atoms with E-state index in [1.165, 1.54) is 12.1 Å². The smallest absolute Gasteiger partial charge is 0.287 e. The standard InChI is InChI=1S/C11H17N3O4S/c1-7-8(3-2-6-13-7)14-11(15)9-4-5-10(18-9)19(12,16)17/h4-5,7-8,13H,2-3,6H2,1H3,(H,14,15)(H2,12,16,17). The van der Waals surface area contributed by atoms with E-state index in [2.05, 4.69) is 10.6 Å². The highest BCUT2D eigenvalue weighted by Gasteiger charge is 2.24. The first-order chi connectivity index (χ1) is 8.88. The highest BCUT2D eigenvalue weighted by atomic mass is 32.2. The summed E-state index contributed by atoms with van der Waals surface area (Å²) in [4.78, 5) is 11.9. The van der Waals surface area contributed by atoms with Crippen molar-refractivity contribution in [2.75, 3.05) is 6.54 Å². The number of rotatable bonds is 3. The molecule has 1 aromatic rings. The molecule has 0 saturated carbocycles. The van der Waals surface area contributed by atoms with Crippen molar-refractivity contribution in [2.45, 2.75) is 36.9 Å². The predicted molar refractivity (Wildman–Crippen MR) is 68.0 cm³/mol. The van der Waals surface area contributed by atoms with Crippen molar-refractivity contribution in [3.63, 3.8) is 0 Å². The van der Waals surface area contributed by atoms with Gasteiger partial charge in [0.1, 0.15) is 0 Å². The molecule has 1 aromatic heterocycles. The summed E-state index contributed by atoms with van der Waals surface area (Å²) in [5, 5.41) is 10.6. The maximum atomic E-state index is 11.9. The minimum Gasteiger partial charge on any atom is -0.438 e. The lowest BCUT2D eigenvalue weighted by Crippen LogP contribution is -2.51. The van der Waals surface area contributed by atoms with Crippen molar-refractivity contribution >= 4 is 15.9 Å². The first-order valence-corrected chi connectivity index (χ1v) is 7.59. The van der Waals surface area contributed by atoms with Crippen LogP contribution in [0, 0.1) is 0 Å². The Labute approximate surface area is 111 Å². The second-order valence-corrected chi connectivity index (χ2v) is 6.12. The molecule has 4 N–H and O–H groups in total. The zero-order valence-electron chi connectivity index (χ0n) is 10.5. The predicted octanol–water partition coefficient (Wildman–Crippen LogP) is -0.203. The molecular formula is C11H17N3O4S. The first-order valence-electron chi connectivity index (χ1n) is 6.05. The summed E-state index contributed by atoms with van der Waals surface area (Å²) in [6.45, 7) is 2.92. The molecule has 2 unspecified atom stereocenters. The summed E-state index contributed by atoms with van der Waals surface area (Å²) in [5.41, 5.74) is 0. The van der Waals surface area contributed by atoms with Gasteiger partial charge in [0.2, 0.25) is 5.09 Å². The zero-order valence-corrected chi connectivity index (χ0v) is 11.4. The average molecular weight is 287 g/mol. The number of carbonyl (C=O) groups is 1. The molecule has 0 spiro atoms. The second-order valence-electron chi connectivity index (χ2n) is 4.63. The van der Waals surface area contributed by atoms with Crippen molar-refractivity contribution in [3.05, 3.63) is 17.9 Å². The fourth-order valence-corrected chi connectivity index (χ4v) is 2.54. The summed E-state index contributed by atoms with van der Waals surface area (Å²) >= 11 is 0. The molecule has 1 fully saturated rings. The van der Waals surface area contributed by atoms with Gasteiger partial charge in [-0.05, 0) is 38.4 Å². The number of furan rings is 1. The van der Waals surface area contributed by atoms with Gasteiger partial charge >= 0.3 is 0 Å². The van der Waals surface area contributed by atoms with Crippen LogP contribution in [-0.4, -0.2) is 33.0 Å². The SMILES string of the molecule is CC1NCCCC1NC(=O)c1ccc(S(N)(=O)=O)o1. The minimum atomic E-state index is -3.92. The van der Waals surface area contributed by atoms with E-state index >= 15 is 0 Å². The number of sulfonamides is 1. The maximum absolute atomic E-state index is 11.9. The van der Waals surface area contributed by atoms with Gasteiger partial charge in [0.25, 0.3) is 15.9 Å². The highest BCUT2D eigenvalue weighted by molar-refractivity contribution is 7.89. The molecule has 106 valence electrons. The summed E-state index contributed by atoms with van der Waals surface area (Å²) in [7, 11) is -3.92. The van der Waals surface area contributed by atoms with E-state index in [4.69, 9.17) is 9.56 Å². The van der Waals surface area contributed by atoms with Crippen LogP contribution in [-0.2, 0) is 10.0 Å². The molecule has 7 nitrogen and oxygen atoms in total. The molecule has 8 heteroatoms. The third-order valence-corrected chi connectivity index (χ3v) is 3.94. The molecule has 2 heterocycles. The van der Waals surface area contributed by atoms with Crippen molar-refractivity contribution in [1.29, 1.82) is 0 Å². The number of nitrogens with one attached hydrogen (secondary N) is 2. The van der Waals surface area contributed by atoms with Crippen molar-refractivity contribution < 1.29 is 17.6 Å². The lowest BCUT2D eigenvalue weighted by molar-refractivity contribution is 0.0886. The number of nitrogens with two attached hydrogens (primary N) is 1. The Balaban J connectivity index is 2.06. The fourth-order valence-electron chi connectivity index (χ4n) is 2.08. The summed E-state index contributed by atoms with van der Waals surface area (Å²) in [6.07, 6.45) is 1.86. The second kappa shape index (κ2) is 5.32. The van der Waals surface area contributed by atoms with E-state index < -0.39 is 21.0 Å². The Morgan fingerprint density at radius 2 is 2.26 bits per heavy atom. The lowest BCUT2D eigenvalue weighted by Gasteiger charge is -2.30. The number of hydrogen-bond acceptors (Lipinski definition) is 5. The van der Waals surface area contributed by atoms with Crippen LogP contribution in [0.25, 0.3) is 0 Å². The third-order valence-electron chi connectivity index (χ3n) is 3.16. The van der Waals surface area contributed by atoms with Crippen LogP contribution in [0.5, 0.6) is 0 Å². The van der Waals surface area contributed by atoms with E-state index in [-0.39, 0.29) is 17.8 Å². The number of piperidine rings is 1. The molecule has 0 radical (unpaired) electrons. The van der Waals surface area contributed by atoms with Crippen molar-refractivity contribution in [3.8, 4) is 0 Å². The maximum Gasteiger partial charge on any atom is 0.287 e. The van der Waals surface area contributed by atoms with Gasteiger partial charge in [0.05, 0.1) is 0 Å². The highest BCUT2D eigenvalue weighted by Crippen LogP contribution is 2.14. The van der Waals surface area contributed by atoms with E-state index in [1.54, 1.807) is 0 Å². The zero-order chi connectivity index (χ0) is 14.0. The average Bonchev–Trinajstić information content (AvgIpc) is 2.81. The minimum absolute atomic E-state index is 0.00397. The van der Waals surface area contributed by atoms with Gasteiger partial charge in [-0.25, -0.2) is 13.6 Å². The quantitative estimate of drug-likeness (QED) is 0.712. The normalized spacial score (nSPS) is 24.1. The first kappa shape index (κ1) is 14.0. The molecule has 1 aliphatic heterocycles. The lowest BCUT2D eigenvalue weighted by atomic mass is 10.00. The summed E-state index contributed by atoms with van der Waals surface area (Å²) in [6, 6.07) is 2.65. The number of primary sulfonamides is 1. The summed E-state index contributed by atoms with van der Waals surface area (Å²) in [5.74, 6) is -0.489. The van der Waals surface area contributed by atoms with Gasteiger partial charge < -0.3 is 15.1 Å². The van der Waals surface area contributed by atoms with Crippen molar-refractivity contribution in [1.82, 2.24) is 10.6 Å². The van der Waals surface area contributed by atoms with Crippen LogP contribution in [0.15, 0.2) is 21.6 Å². The monoisotopic (exact) mass is 287 g/mol. The molecule has 0 bridgehead atoms. The van der Waals surface area contributed by atoms with Gasteiger partial charge in [0.15, 0.2) is 5.76 Å². The van der Waals surface area contributed by atoms with Gasteiger partial charge in [-0.15, -0.1) is 0 Å². The van der Waals surface area contributed by atoms with Gasteiger partial charge in [-0.3, -0.25) is 4.79 Å². The number of amides is 1. The van der Waals surface area contributed by atoms with Gasteiger partial charge in [-0.2, -0.15) is 0 Å². The fraction of sp³-hybridized carbons (Fsp3) is 0.545. The van der Waals surface area contributed by atoms with E-state index in [1.807, 2.05) is 6.92 Å². The Morgan fingerprint density at radius 1 is 1.53 bits per heavy atom. The Bertz CT molecular complexity index is 566. The van der Waals surface area contributed by atoms with Crippen LogP contribution in [0.3, 0.4) is 0 Å². The number of hydrogen-bond donors (Lipinski definition) is 3. The molecule has 1 saturated heterocycles. The molecule has 0 aliphatic carbocycles. The van der Waals surface area contributed by atoms with Crippen LogP contribution in [0.1, 0.15) is 30.3 Å². The Kier molecular flexibility index (Phi) is 3.93. The third kappa shape index (κ3) is 3.34. The molecule has 2 atom stereocenters. The van der Waals surface area contributed by atoms with Gasteiger partial charge in [-0.1, -0.05) is 0 Å². The van der Waals surface area contributed by atoms with Crippen LogP contribution >= 0.6 is 0 Å².